The van der Waals surface area contributed by atoms with E-state index in [9.17, 15) is 13.3 Å². The topological polar surface area (TPSA) is 89.2 Å². The van der Waals surface area contributed by atoms with Crippen LogP contribution in [-0.4, -0.2) is 13.3 Å². The van der Waals surface area contributed by atoms with Crippen molar-refractivity contribution in [2.75, 3.05) is 0 Å². The van der Waals surface area contributed by atoms with Crippen molar-refractivity contribution in [2.45, 2.75) is 18.7 Å². The standard InChI is InChI=1S/C8H13NO3S/c1-6-3-7(2)5-8(4-6)13(9,10,11)12/h3-5H,1-2H3,(H4,9,10,11,12)/p-2. The van der Waals surface area contributed by atoms with E-state index < -0.39 is 9.81 Å². The van der Waals surface area contributed by atoms with Gasteiger partial charge < -0.3 is 9.11 Å². The zero-order valence-electron chi connectivity index (χ0n) is 7.44. The molecule has 0 saturated heterocycles. The van der Waals surface area contributed by atoms with Gasteiger partial charge in [0.05, 0.1) is 0 Å². The van der Waals surface area contributed by atoms with Gasteiger partial charge in [0.25, 0.3) is 0 Å². The maximum Gasteiger partial charge on any atom is 0.00533 e. The Hall–Kier alpha value is -0.750. The number of hydrogen-bond acceptors (Lipinski definition) is 3. The average molecular weight is 201 g/mol. The van der Waals surface area contributed by atoms with Gasteiger partial charge in [0.1, 0.15) is 0 Å². The van der Waals surface area contributed by atoms with Crippen LogP contribution in [0.3, 0.4) is 0 Å². The molecule has 5 heteroatoms. The highest BCUT2D eigenvalue weighted by molar-refractivity contribution is 8.08. The van der Waals surface area contributed by atoms with Crippen LogP contribution in [0.4, 0.5) is 0 Å². The van der Waals surface area contributed by atoms with Crippen molar-refractivity contribution in [1.82, 2.24) is 0 Å². The lowest BCUT2D eigenvalue weighted by molar-refractivity contribution is 0.359. The second-order valence-electron chi connectivity index (χ2n) is 3.18. The van der Waals surface area contributed by atoms with Gasteiger partial charge in [0, 0.05) is 4.90 Å². The van der Waals surface area contributed by atoms with Crippen LogP contribution >= 0.6 is 0 Å². The molecule has 0 bridgehead atoms. The van der Waals surface area contributed by atoms with Gasteiger partial charge in [-0.2, -0.15) is 0 Å². The molecule has 0 spiro atoms. The lowest BCUT2D eigenvalue weighted by atomic mass is 10.2. The first-order valence-corrected chi connectivity index (χ1v) is 5.55. The van der Waals surface area contributed by atoms with Gasteiger partial charge in [-0.1, -0.05) is 6.07 Å². The maximum atomic E-state index is 11.0. The summed E-state index contributed by atoms with van der Waals surface area (Å²) in [5, 5.41) is 4.68. The molecule has 0 atom stereocenters. The number of hydrogen-bond donors (Lipinski definition) is 1. The highest BCUT2D eigenvalue weighted by Gasteiger charge is 2.07. The fraction of sp³-hybridized carbons (Fsp3) is 0.250. The number of benzene rings is 1. The molecule has 0 saturated carbocycles. The SMILES string of the molecule is Cc1cc(C)cc(S(N)(=O)([O-])[O-])c1. The average Bonchev–Trinajstić information content (AvgIpc) is 1.80. The van der Waals surface area contributed by atoms with E-state index in [0.29, 0.717) is 11.1 Å². The summed E-state index contributed by atoms with van der Waals surface area (Å²) in [5.74, 6) is 0. The normalized spacial score (nSPS) is 15.0. The van der Waals surface area contributed by atoms with Crippen LogP contribution in [0.2, 0.25) is 0 Å². The molecule has 13 heavy (non-hydrogen) atoms. The van der Waals surface area contributed by atoms with E-state index in [1.807, 2.05) is 0 Å². The van der Waals surface area contributed by atoms with Gasteiger partial charge >= 0.3 is 0 Å². The molecule has 74 valence electrons. The first-order chi connectivity index (χ1) is 5.65. The fourth-order valence-corrected chi connectivity index (χ4v) is 1.94. The Kier molecular flexibility index (Phi) is 2.08. The van der Waals surface area contributed by atoms with Gasteiger partial charge in [0.2, 0.25) is 0 Å². The Morgan fingerprint density at radius 1 is 1.15 bits per heavy atom. The first-order valence-electron chi connectivity index (χ1n) is 3.67. The number of nitrogens with two attached hydrogens (primary N) is 1. The molecule has 0 heterocycles. The largest absolute Gasteiger partial charge is 0.785 e. The summed E-state index contributed by atoms with van der Waals surface area (Å²) >= 11 is 0. The summed E-state index contributed by atoms with van der Waals surface area (Å²) in [6.07, 6.45) is 0. The van der Waals surface area contributed by atoms with Gasteiger partial charge in [-0.05, 0) is 37.1 Å². The van der Waals surface area contributed by atoms with E-state index >= 15 is 0 Å². The van der Waals surface area contributed by atoms with Crippen molar-refractivity contribution < 1.29 is 13.3 Å². The third kappa shape index (κ3) is 2.60. The lowest BCUT2D eigenvalue weighted by Gasteiger charge is -2.51. The zero-order valence-corrected chi connectivity index (χ0v) is 8.26. The summed E-state index contributed by atoms with van der Waals surface area (Å²) in [6, 6.07) is 4.30. The highest BCUT2D eigenvalue weighted by atomic mass is 32.3. The van der Waals surface area contributed by atoms with E-state index in [-0.39, 0.29) is 4.90 Å². The summed E-state index contributed by atoms with van der Waals surface area (Å²) in [5.41, 5.74) is 1.40. The minimum atomic E-state index is -5.57. The predicted octanol–water partition coefficient (Wildman–Crippen LogP) is 0.617. The molecule has 0 aliphatic heterocycles. The maximum absolute atomic E-state index is 11.0. The van der Waals surface area contributed by atoms with Crippen LogP contribution in [0.15, 0.2) is 23.1 Å². The van der Waals surface area contributed by atoms with Crippen LogP contribution in [0.1, 0.15) is 11.1 Å². The van der Waals surface area contributed by atoms with E-state index in [0.717, 1.165) is 0 Å². The van der Waals surface area contributed by atoms with Gasteiger partial charge in [-0.3, -0.25) is 9.35 Å². The molecule has 0 aliphatic carbocycles. The lowest BCUT2D eigenvalue weighted by Crippen LogP contribution is -2.42. The van der Waals surface area contributed by atoms with E-state index in [1.165, 1.54) is 12.1 Å². The number of sulfonamides is 3. The third-order valence-corrected chi connectivity index (χ3v) is 2.71. The molecule has 0 aliphatic rings. The van der Waals surface area contributed by atoms with Crippen molar-refractivity contribution in [2.24, 2.45) is 5.14 Å². The quantitative estimate of drug-likeness (QED) is 0.722. The van der Waals surface area contributed by atoms with Crippen LogP contribution < -0.4 is 5.14 Å². The van der Waals surface area contributed by atoms with Crippen molar-refractivity contribution in [3.05, 3.63) is 29.3 Å². The molecule has 0 amide bonds. The van der Waals surface area contributed by atoms with Crippen LogP contribution in [0.25, 0.3) is 0 Å². The van der Waals surface area contributed by atoms with Crippen molar-refractivity contribution in [1.29, 1.82) is 0 Å². The second-order valence-corrected chi connectivity index (χ2v) is 5.38. The molecule has 0 fully saturated rings. The number of primary sulfonamides is 3. The Morgan fingerprint density at radius 2 is 1.54 bits per heavy atom. The Bertz CT molecular complexity index is 377. The van der Waals surface area contributed by atoms with E-state index in [2.05, 4.69) is 5.14 Å². The monoisotopic (exact) mass is 201 g/mol. The molecular weight excluding hydrogens is 190 g/mol. The van der Waals surface area contributed by atoms with Crippen molar-refractivity contribution in [3.63, 3.8) is 0 Å². The van der Waals surface area contributed by atoms with Gasteiger partial charge in [0.15, 0.2) is 0 Å². The van der Waals surface area contributed by atoms with Crippen LogP contribution in [-0.2, 0) is 9.81 Å². The molecular formula is C8H11NO3S-2. The van der Waals surface area contributed by atoms with Crippen molar-refractivity contribution >= 4 is 9.81 Å². The molecule has 1 aromatic carbocycles. The van der Waals surface area contributed by atoms with E-state index in [1.54, 1.807) is 19.9 Å². The first kappa shape index (κ1) is 10.3. The summed E-state index contributed by atoms with van der Waals surface area (Å²) in [4.78, 5) is -0.366. The van der Waals surface area contributed by atoms with Crippen LogP contribution in [0.5, 0.6) is 0 Å². The smallest absolute Gasteiger partial charge is 0.00533 e. The van der Waals surface area contributed by atoms with Crippen LogP contribution in [0, 0.1) is 13.8 Å². The summed E-state index contributed by atoms with van der Waals surface area (Å²) < 4.78 is 32.9. The zero-order chi connectivity index (χ0) is 10.3. The summed E-state index contributed by atoms with van der Waals surface area (Å²) in [6.45, 7) is 3.41. The van der Waals surface area contributed by atoms with Gasteiger partial charge in [-0.25, -0.2) is 0 Å². The summed E-state index contributed by atoms with van der Waals surface area (Å²) in [7, 11) is -5.57. The molecule has 0 unspecified atom stereocenters. The molecule has 0 aromatic heterocycles. The predicted molar refractivity (Wildman–Crippen MR) is 48.1 cm³/mol. The minimum Gasteiger partial charge on any atom is -0.785 e. The molecule has 4 nitrogen and oxygen atoms in total. The molecule has 2 N–H and O–H groups in total. The van der Waals surface area contributed by atoms with Gasteiger partial charge in [-0.15, -0.1) is 9.81 Å². The Morgan fingerprint density at radius 3 is 1.85 bits per heavy atom. The molecule has 1 aromatic rings. The Labute approximate surface area is 77.0 Å². The second kappa shape index (κ2) is 2.62. The molecule has 1 rings (SSSR count). The Balaban J connectivity index is 3.42. The number of aryl methyl sites for hydroxylation is 2. The third-order valence-electron chi connectivity index (χ3n) is 1.62. The van der Waals surface area contributed by atoms with Crippen molar-refractivity contribution in [3.8, 4) is 0 Å². The highest BCUT2D eigenvalue weighted by Crippen LogP contribution is 2.23. The van der Waals surface area contributed by atoms with E-state index in [4.69, 9.17) is 0 Å². The fourth-order valence-electron chi connectivity index (χ4n) is 1.15. The number of rotatable bonds is 1. The molecule has 0 radical (unpaired) electrons. The minimum absolute atomic E-state index is 0.366.